The van der Waals surface area contributed by atoms with Gasteiger partial charge in [-0.15, -0.1) is 0 Å². The zero-order valence-corrected chi connectivity index (χ0v) is 11.1. The third-order valence-corrected chi connectivity index (χ3v) is 2.82. The second-order valence-electron chi connectivity index (χ2n) is 4.19. The van der Waals surface area contributed by atoms with E-state index < -0.39 is 0 Å². The highest BCUT2D eigenvalue weighted by atomic mass is 16.5. The summed E-state index contributed by atoms with van der Waals surface area (Å²) in [6.45, 7) is 3.37. The summed E-state index contributed by atoms with van der Waals surface area (Å²) in [6, 6.07) is 9.79. The van der Waals surface area contributed by atoms with Crippen LogP contribution in [0.2, 0.25) is 0 Å². The molecule has 4 heteroatoms. The fourth-order valence-electron chi connectivity index (χ4n) is 1.87. The van der Waals surface area contributed by atoms with Crippen LogP contribution >= 0.6 is 0 Å². The molecule has 1 heterocycles. The average Bonchev–Trinajstić information content (AvgIpc) is 2.44. The monoisotopic (exact) mass is 257 g/mol. The van der Waals surface area contributed by atoms with Crippen LogP contribution in [0.25, 0.3) is 0 Å². The predicted molar refractivity (Wildman–Crippen MR) is 78.5 cm³/mol. The lowest BCUT2D eigenvalue weighted by atomic mass is 10.2. The molecular formula is C15H19N3O. The van der Waals surface area contributed by atoms with E-state index in [0.717, 1.165) is 24.4 Å². The van der Waals surface area contributed by atoms with Gasteiger partial charge in [0.05, 0.1) is 18.0 Å². The number of nitrogens with one attached hydrogen (secondary N) is 1. The van der Waals surface area contributed by atoms with Crippen LogP contribution < -0.4 is 15.8 Å². The molecule has 1 aromatic heterocycles. The van der Waals surface area contributed by atoms with E-state index in [1.807, 2.05) is 37.4 Å². The molecule has 0 aliphatic heterocycles. The first-order chi connectivity index (χ1) is 9.31. The van der Waals surface area contributed by atoms with Crippen LogP contribution in [0.5, 0.6) is 5.75 Å². The van der Waals surface area contributed by atoms with Gasteiger partial charge in [0.2, 0.25) is 0 Å². The Balaban J connectivity index is 1.94. The van der Waals surface area contributed by atoms with Crippen molar-refractivity contribution < 1.29 is 4.74 Å². The van der Waals surface area contributed by atoms with Crippen molar-refractivity contribution in [2.45, 2.75) is 13.3 Å². The van der Waals surface area contributed by atoms with E-state index in [2.05, 4.69) is 16.4 Å². The van der Waals surface area contributed by atoms with Gasteiger partial charge in [0.15, 0.2) is 0 Å². The van der Waals surface area contributed by atoms with Crippen LogP contribution in [-0.4, -0.2) is 18.1 Å². The van der Waals surface area contributed by atoms with Crippen molar-refractivity contribution >= 4 is 11.4 Å². The summed E-state index contributed by atoms with van der Waals surface area (Å²) in [5.74, 6) is 0.730. The molecule has 4 nitrogen and oxygen atoms in total. The zero-order chi connectivity index (χ0) is 13.5. The smallest absolute Gasteiger partial charge is 0.144 e. The predicted octanol–water partition coefficient (Wildman–Crippen LogP) is 2.72. The Bertz CT molecular complexity index is 514. The maximum absolute atomic E-state index is 6.05. The topological polar surface area (TPSA) is 60.2 Å². The highest BCUT2D eigenvalue weighted by molar-refractivity contribution is 5.72. The molecule has 0 fully saturated rings. The SMILES string of the molecule is CCOc1cccc(NCCc2cccnc2)c1N. The Morgan fingerprint density at radius 3 is 2.89 bits per heavy atom. The van der Waals surface area contributed by atoms with Crippen LogP contribution in [0.3, 0.4) is 0 Å². The van der Waals surface area contributed by atoms with Gasteiger partial charge in [-0.05, 0) is 37.1 Å². The van der Waals surface area contributed by atoms with Gasteiger partial charge in [-0.3, -0.25) is 4.98 Å². The van der Waals surface area contributed by atoms with E-state index >= 15 is 0 Å². The molecule has 0 radical (unpaired) electrons. The number of aromatic nitrogens is 1. The summed E-state index contributed by atoms with van der Waals surface area (Å²) in [4.78, 5) is 4.09. The third-order valence-electron chi connectivity index (χ3n) is 2.82. The molecular weight excluding hydrogens is 238 g/mol. The summed E-state index contributed by atoms with van der Waals surface area (Å²) in [5, 5.41) is 3.33. The second kappa shape index (κ2) is 6.64. The normalized spacial score (nSPS) is 10.2. The van der Waals surface area contributed by atoms with Gasteiger partial charge in [-0.25, -0.2) is 0 Å². The molecule has 0 saturated carbocycles. The molecule has 0 bridgehead atoms. The maximum Gasteiger partial charge on any atom is 0.144 e. The van der Waals surface area contributed by atoms with Crippen molar-refractivity contribution in [3.8, 4) is 5.75 Å². The minimum absolute atomic E-state index is 0.614. The minimum Gasteiger partial charge on any atom is -0.492 e. The number of anilines is 2. The van der Waals surface area contributed by atoms with Crippen molar-refractivity contribution in [2.75, 3.05) is 24.2 Å². The fourth-order valence-corrected chi connectivity index (χ4v) is 1.87. The van der Waals surface area contributed by atoms with E-state index in [1.165, 1.54) is 5.56 Å². The zero-order valence-electron chi connectivity index (χ0n) is 11.1. The van der Waals surface area contributed by atoms with Crippen molar-refractivity contribution in [2.24, 2.45) is 0 Å². The number of nitrogens with two attached hydrogens (primary N) is 1. The van der Waals surface area contributed by atoms with Gasteiger partial charge in [0.25, 0.3) is 0 Å². The standard InChI is InChI=1S/C15H19N3O/c1-2-19-14-7-3-6-13(15(14)16)18-10-8-12-5-4-9-17-11-12/h3-7,9,11,18H,2,8,10,16H2,1H3. The fraction of sp³-hybridized carbons (Fsp3) is 0.267. The van der Waals surface area contributed by atoms with E-state index in [4.69, 9.17) is 10.5 Å². The van der Waals surface area contributed by atoms with Crippen molar-refractivity contribution in [3.05, 3.63) is 48.3 Å². The van der Waals surface area contributed by atoms with Gasteiger partial charge < -0.3 is 15.8 Å². The molecule has 3 N–H and O–H groups in total. The van der Waals surface area contributed by atoms with E-state index in [1.54, 1.807) is 6.20 Å². The van der Waals surface area contributed by atoms with Crippen LogP contribution in [0.4, 0.5) is 11.4 Å². The molecule has 0 amide bonds. The Morgan fingerprint density at radius 2 is 2.16 bits per heavy atom. The van der Waals surface area contributed by atoms with Crippen molar-refractivity contribution in [3.63, 3.8) is 0 Å². The molecule has 100 valence electrons. The maximum atomic E-state index is 6.05. The molecule has 0 aliphatic carbocycles. The number of pyridine rings is 1. The Hall–Kier alpha value is -2.23. The molecule has 1 aromatic carbocycles. The average molecular weight is 257 g/mol. The first kappa shape index (κ1) is 13.2. The quantitative estimate of drug-likeness (QED) is 0.781. The summed E-state index contributed by atoms with van der Waals surface area (Å²) in [6.07, 6.45) is 4.56. The highest BCUT2D eigenvalue weighted by Crippen LogP contribution is 2.29. The molecule has 2 rings (SSSR count). The lowest BCUT2D eigenvalue weighted by Gasteiger charge is -2.13. The third kappa shape index (κ3) is 3.61. The summed E-state index contributed by atoms with van der Waals surface area (Å²) < 4.78 is 5.47. The molecule has 0 saturated heterocycles. The van der Waals surface area contributed by atoms with Crippen LogP contribution in [0.15, 0.2) is 42.7 Å². The minimum atomic E-state index is 0.614. The van der Waals surface area contributed by atoms with Gasteiger partial charge in [0, 0.05) is 18.9 Å². The Morgan fingerprint density at radius 1 is 1.26 bits per heavy atom. The first-order valence-corrected chi connectivity index (χ1v) is 6.45. The van der Waals surface area contributed by atoms with Crippen molar-refractivity contribution in [1.82, 2.24) is 4.98 Å². The summed E-state index contributed by atoms with van der Waals surface area (Å²) in [7, 11) is 0. The molecule has 0 unspecified atom stereocenters. The van der Waals surface area contributed by atoms with Crippen molar-refractivity contribution in [1.29, 1.82) is 0 Å². The number of rotatable bonds is 6. The van der Waals surface area contributed by atoms with Gasteiger partial charge in [-0.1, -0.05) is 12.1 Å². The lowest BCUT2D eigenvalue weighted by molar-refractivity contribution is 0.342. The number of hydrogen-bond donors (Lipinski definition) is 2. The Labute approximate surface area is 113 Å². The van der Waals surface area contributed by atoms with E-state index in [0.29, 0.717) is 12.3 Å². The Kier molecular flexibility index (Phi) is 4.61. The molecule has 19 heavy (non-hydrogen) atoms. The first-order valence-electron chi connectivity index (χ1n) is 6.45. The number of hydrogen-bond acceptors (Lipinski definition) is 4. The molecule has 0 spiro atoms. The molecule has 2 aromatic rings. The summed E-state index contributed by atoms with van der Waals surface area (Å²) in [5.41, 5.74) is 8.83. The number of ether oxygens (including phenoxy) is 1. The largest absolute Gasteiger partial charge is 0.492 e. The highest BCUT2D eigenvalue weighted by Gasteiger charge is 2.04. The van der Waals surface area contributed by atoms with Gasteiger partial charge in [0.1, 0.15) is 5.75 Å². The number of para-hydroxylation sites is 1. The number of benzene rings is 1. The van der Waals surface area contributed by atoms with Crippen LogP contribution in [0, 0.1) is 0 Å². The lowest BCUT2D eigenvalue weighted by Crippen LogP contribution is -2.08. The van der Waals surface area contributed by atoms with Crippen LogP contribution in [-0.2, 0) is 6.42 Å². The molecule has 0 aliphatic rings. The van der Waals surface area contributed by atoms with Gasteiger partial charge in [-0.2, -0.15) is 0 Å². The van der Waals surface area contributed by atoms with E-state index in [-0.39, 0.29) is 0 Å². The van der Waals surface area contributed by atoms with E-state index in [9.17, 15) is 0 Å². The van der Waals surface area contributed by atoms with Crippen LogP contribution in [0.1, 0.15) is 12.5 Å². The number of nitrogen functional groups attached to an aromatic ring is 1. The number of nitrogens with zero attached hydrogens (tertiary/aromatic N) is 1. The summed E-state index contributed by atoms with van der Waals surface area (Å²) >= 11 is 0. The second-order valence-corrected chi connectivity index (χ2v) is 4.19. The van der Waals surface area contributed by atoms with Gasteiger partial charge >= 0.3 is 0 Å². The molecule has 0 atom stereocenters.